The molecule has 0 saturated carbocycles. The number of hydrogen-bond acceptors (Lipinski definition) is 3. The monoisotopic (exact) mass is 286 g/mol. The van der Waals surface area contributed by atoms with Gasteiger partial charge in [-0.3, -0.25) is 4.52 Å². The molecule has 0 atom stereocenters. The second kappa shape index (κ2) is 7.00. The molecule has 0 fully saturated rings. The third-order valence-electron chi connectivity index (χ3n) is 1.24. The van der Waals surface area contributed by atoms with E-state index in [-0.39, 0.29) is 6.61 Å². The fourth-order valence-electron chi connectivity index (χ4n) is 0.733. The minimum absolute atomic E-state index is 0.0644. The van der Waals surface area contributed by atoms with Gasteiger partial charge < -0.3 is 24.5 Å². The highest BCUT2D eigenvalue weighted by Gasteiger charge is 2.12. The van der Waals surface area contributed by atoms with Crippen molar-refractivity contribution in [1.82, 2.24) is 0 Å². The van der Waals surface area contributed by atoms with Crippen molar-refractivity contribution in [2.24, 2.45) is 0 Å². The summed E-state index contributed by atoms with van der Waals surface area (Å²) in [7, 11) is -8.97. The van der Waals surface area contributed by atoms with E-state index in [0.29, 0.717) is 0 Å². The molecule has 0 radical (unpaired) electrons. The van der Waals surface area contributed by atoms with E-state index in [4.69, 9.17) is 29.0 Å². The minimum atomic E-state index is -4.64. The molecule has 0 unspecified atom stereocenters. The van der Waals surface area contributed by atoms with Crippen LogP contribution in [0.25, 0.3) is 0 Å². The first kappa shape index (κ1) is 16.4. The van der Waals surface area contributed by atoms with Crippen LogP contribution in [0, 0.1) is 0 Å². The molecule has 0 aromatic heterocycles. The average molecular weight is 286 g/mol. The molecule has 0 aliphatic rings. The number of phosphoric acid groups is 2. The van der Waals surface area contributed by atoms with Crippen LogP contribution in [0.4, 0.5) is 0 Å². The van der Waals surface area contributed by atoms with E-state index in [1.165, 1.54) is 0 Å². The molecule has 98 valence electrons. The van der Waals surface area contributed by atoms with Crippen LogP contribution < -0.4 is 0 Å². The topological polar surface area (TPSA) is 145 Å². The molecule has 1 rings (SSSR count). The highest BCUT2D eigenvalue weighted by atomic mass is 31.2. The van der Waals surface area contributed by atoms with Crippen molar-refractivity contribution in [3.8, 4) is 0 Å². The van der Waals surface area contributed by atoms with Crippen molar-refractivity contribution in [2.45, 2.75) is 6.61 Å². The zero-order valence-corrected chi connectivity index (χ0v) is 10.2. The molecule has 0 heterocycles. The summed E-state index contributed by atoms with van der Waals surface area (Å²) < 4.78 is 23.4. The fourth-order valence-corrected chi connectivity index (χ4v) is 1.05. The Balaban J connectivity index is 0.000000437. The molecule has 10 heteroatoms. The smallest absolute Gasteiger partial charge is 0.303 e. The molecule has 0 amide bonds. The third-order valence-corrected chi connectivity index (χ3v) is 1.71. The highest BCUT2D eigenvalue weighted by Crippen LogP contribution is 2.36. The number of hydrogen-bond donors (Lipinski definition) is 5. The molecule has 8 nitrogen and oxygen atoms in total. The van der Waals surface area contributed by atoms with Crippen molar-refractivity contribution < 1.29 is 38.1 Å². The second-order valence-corrected chi connectivity index (χ2v) is 5.03. The average Bonchev–Trinajstić information content (AvgIpc) is 2.13. The maximum atomic E-state index is 10.3. The standard InChI is InChI=1S/C7H9O4P.H3O4P/c8-12(9,10)11-6-7-4-2-1-3-5-7;1-5(2,3)4/h1-5H,6H2,(H2,8,9,10);(H3,1,2,3,4). The van der Waals surface area contributed by atoms with Gasteiger partial charge in [0, 0.05) is 0 Å². The van der Waals surface area contributed by atoms with Gasteiger partial charge in [-0.05, 0) is 5.56 Å². The van der Waals surface area contributed by atoms with Crippen molar-refractivity contribution in [1.29, 1.82) is 0 Å². The van der Waals surface area contributed by atoms with Crippen LogP contribution in [-0.2, 0) is 20.3 Å². The maximum absolute atomic E-state index is 10.3. The highest BCUT2D eigenvalue weighted by molar-refractivity contribution is 7.46. The zero-order chi connectivity index (χ0) is 13.5. The van der Waals surface area contributed by atoms with E-state index in [0.717, 1.165) is 5.56 Å². The fraction of sp³-hybridized carbons (Fsp3) is 0.143. The molecule has 1 aromatic rings. The van der Waals surface area contributed by atoms with Crippen LogP contribution in [0.5, 0.6) is 0 Å². The Hall–Kier alpha value is -0.560. The Kier molecular flexibility index (Phi) is 6.77. The lowest BCUT2D eigenvalue weighted by atomic mass is 10.2. The quantitative estimate of drug-likeness (QED) is 0.501. The first-order valence-electron chi connectivity index (χ1n) is 4.10. The maximum Gasteiger partial charge on any atom is 0.469 e. The van der Waals surface area contributed by atoms with Gasteiger partial charge in [-0.1, -0.05) is 30.3 Å². The van der Waals surface area contributed by atoms with Gasteiger partial charge in [0.1, 0.15) is 0 Å². The van der Waals surface area contributed by atoms with Crippen molar-refractivity contribution in [3.63, 3.8) is 0 Å². The van der Waals surface area contributed by atoms with Crippen molar-refractivity contribution in [2.75, 3.05) is 0 Å². The number of benzene rings is 1. The minimum Gasteiger partial charge on any atom is -0.303 e. The summed E-state index contributed by atoms with van der Waals surface area (Å²) in [4.78, 5) is 38.3. The first-order chi connectivity index (χ1) is 7.58. The summed E-state index contributed by atoms with van der Waals surface area (Å²) >= 11 is 0. The van der Waals surface area contributed by atoms with E-state index >= 15 is 0 Å². The molecular weight excluding hydrogens is 274 g/mol. The summed E-state index contributed by atoms with van der Waals surface area (Å²) in [5.41, 5.74) is 0.737. The molecule has 5 N–H and O–H groups in total. The summed E-state index contributed by atoms with van der Waals surface area (Å²) in [6.45, 7) is -0.0644. The number of rotatable bonds is 3. The Morgan fingerprint density at radius 1 is 0.941 bits per heavy atom. The van der Waals surface area contributed by atoms with Gasteiger partial charge >= 0.3 is 15.6 Å². The van der Waals surface area contributed by atoms with E-state index in [9.17, 15) is 4.57 Å². The first-order valence-corrected chi connectivity index (χ1v) is 7.20. The van der Waals surface area contributed by atoms with E-state index in [1.54, 1.807) is 24.3 Å². The second-order valence-electron chi connectivity index (χ2n) is 2.76. The van der Waals surface area contributed by atoms with E-state index < -0.39 is 15.6 Å². The molecule has 0 saturated heterocycles. The van der Waals surface area contributed by atoms with Gasteiger partial charge in [-0.25, -0.2) is 9.13 Å². The van der Waals surface area contributed by atoms with Crippen LogP contribution in [0.3, 0.4) is 0 Å². The molecule has 17 heavy (non-hydrogen) atoms. The molecule has 0 spiro atoms. The zero-order valence-electron chi connectivity index (χ0n) is 8.45. The molecule has 0 aliphatic carbocycles. The Morgan fingerprint density at radius 3 is 1.71 bits per heavy atom. The van der Waals surface area contributed by atoms with Gasteiger partial charge in [-0.15, -0.1) is 0 Å². The lowest BCUT2D eigenvalue weighted by Crippen LogP contribution is -1.89. The van der Waals surface area contributed by atoms with Crippen LogP contribution in [0.2, 0.25) is 0 Å². The predicted molar refractivity (Wildman–Crippen MR) is 57.5 cm³/mol. The van der Waals surface area contributed by atoms with Gasteiger partial charge in [0.25, 0.3) is 0 Å². The SMILES string of the molecule is O=P(O)(O)O.O=P(O)(O)OCc1ccccc1. The van der Waals surface area contributed by atoms with E-state index in [2.05, 4.69) is 4.52 Å². The normalized spacial score (nSPS) is 11.6. The van der Waals surface area contributed by atoms with Gasteiger partial charge in [0.15, 0.2) is 0 Å². The molecule has 0 aliphatic heterocycles. The summed E-state index contributed by atoms with van der Waals surface area (Å²) in [5, 5.41) is 0. The van der Waals surface area contributed by atoms with E-state index in [1.807, 2.05) is 6.07 Å². The molecular formula is C7H12O8P2. The predicted octanol–water partition coefficient (Wildman–Crippen LogP) is 0.367. The molecule has 1 aromatic carbocycles. The summed E-state index contributed by atoms with van der Waals surface area (Å²) in [6, 6.07) is 8.84. The van der Waals surface area contributed by atoms with Crippen LogP contribution in [0.15, 0.2) is 30.3 Å². The lowest BCUT2D eigenvalue weighted by Gasteiger charge is -2.03. The van der Waals surface area contributed by atoms with Crippen LogP contribution in [-0.4, -0.2) is 24.5 Å². The Morgan fingerprint density at radius 2 is 1.35 bits per heavy atom. The number of phosphoric ester groups is 1. The summed E-state index contributed by atoms with van der Waals surface area (Å²) in [5.74, 6) is 0. The lowest BCUT2D eigenvalue weighted by molar-refractivity contribution is 0.189. The largest absolute Gasteiger partial charge is 0.469 e. The van der Waals surface area contributed by atoms with Crippen LogP contribution in [0.1, 0.15) is 5.56 Å². The Labute approximate surface area is 97.0 Å². The Bertz CT molecular complexity index is 399. The molecule has 0 bridgehead atoms. The van der Waals surface area contributed by atoms with Crippen molar-refractivity contribution >= 4 is 15.6 Å². The van der Waals surface area contributed by atoms with Gasteiger partial charge in [-0.2, -0.15) is 0 Å². The van der Waals surface area contributed by atoms with Gasteiger partial charge in [0.2, 0.25) is 0 Å². The third kappa shape index (κ3) is 15.4. The summed E-state index contributed by atoms with van der Waals surface area (Å²) in [6.07, 6.45) is 0. The van der Waals surface area contributed by atoms with Crippen molar-refractivity contribution in [3.05, 3.63) is 35.9 Å². The van der Waals surface area contributed by atoms with Crippen LogP contribution >= 0.6 is 15.6 Å². The van der Waals surface area contributed by atoms with Gasteiger partial charge in [0.05, 0.1) is 6.61 Å².